The summed E-state index contributed by atoms with van der Waals surface area (Å²) in [7, 11) is 0. The minimum atomic E-state index is -2.98. The van der Waals surface area contributed by atoms with Crippen molar-refractivity contribution in [3.05, 3.63) is 41.1 Å². The van der Waals surface area contributed by atoms with E-state index in [1.165, 1.54) is 0 Å². The van der Waals surface area contributed by atoms with Crippen molar-refractivity contribution in [3.8, 4) is 17.3 Å². The van der Waals surface area contributed by atoms with Gasteiger partial charge in [0, 0.05) is 37.2 Å². The number of hydrogen-bond donors (Lipinski definition) is 2. The average molecular weight is 397 g/mol. The van der Waals surface area contributed by atoms with Gasteiger partial charge in [-0.2, -0.15) is 14.0 Å². The molecule has 2 aromatic rings. The highest BCUT2D eigenvalue weighted by atomic mass is 19.3. The normalized spacial score (nSPS) is 26.2. The number of aliphatic hydroxyl groups excluding tert-OH is 1. The predicted molar refractivity (Wildman–Crippen MR) is 103 cm³/mol. The molecule has 2 saturated heterocycles. The molecule has 0 radical (unpaired) electrons. The summed E-state index contributed by atoms with van der Waals surface area (Å²) in [4.78, 5) is 10.6. The maximum atomic E-state index is 14.5. The number of aromatic nitrogens is 2. The molecule has 0 bridgehead atoms. The van der Waals surface area contributed by atoms with Crippen molar-refractivity contribution in [2.24, 2.45) is 0 Å². The van der Waals surface area contributed by atoms with E-state index >= 15 is 0 Å². The highest BCUT2D eigenvalue weighted by Crippen LogP contribution is 2.45. The van der Waals surface area contributed by atoms with Crippen LogP contribution in [0.3, 0.4) is 0 Å². The molecule has 8 heteroatoms. The van der Waals surface area contributed by atoms with Crippen molar-refractivity contribution in [1.29, 1.82) is 5.26 Å². The molecular weight excluding hydrogens is 376 g/mol. The highest BCUT2D eigenvalue weighted by Gasteiger charge is 2.45. The van der Waals surface area contributed by atoms with Crippen molar-refractivity contribution >= 4 is 5.95 Å². The lowest BCUT2D eigenvalue weighted by Gasteiger charge is -2.43. The first-order chi connectivity index (χ1) is 13.8. The molecule has 1 aromatic heterocycles. The Kier molecular flexibility index (Phi) is 3.92. The Labute approximate surface area is 167 Å². The van der Waals surface area contributed by atoms with Gasteiger partial charge >= 0.3 is 0 Å². The van der Waals surface area contributed by atoms with Gasteiger partial charge in [0.2, 0.25) is 5.95 Å². The van der Waals surface area contributed by atoms with Gasteiger partial charge in [0.15, 0.2) is 0 Å². The van der Waals surface area contributed by atoms with Crippen molar-refractivity contribution in [2.45, 2.75) is 43.2 Å². The minimum absolute atomic E-state index is 0.202. The molecule has 5 rings (SSSR count). The van der Waals surface area contributed by atoms with Crippen LogP contribution in [0.25, 0.3) is 11.3 Å². The lowest BCUT2D eigenvalue weighted by atomic mass is 9.76. The van der Waals surface area contributed by atoms with Gasteiger partial charge in [-0.15, -0.1) is 0 Å². The van der Waals surface area contributed by atoms with Crippen LogP contribution in [0.2, 0.25) is 0 Å². The van der Waals surface area contributed by atoms with Gasteiger partial charge in [-0.05, 0) is 18.9 Å². The molecule has 2 aliphatic heterocycles. The minimum Gasteiger partial charge on any atom is -0.389 e. The molecular formula is C21H21F2N5O. The van der Waals surface area contributed by atoms with Crippen LogP contribution in [0.4, 0.5) is 14.7 Å². The van der Waals surface area contributed by atoms with E-state index in [0.29, 0.717) is 30.9 Å². The molecule has 2 atom stereocenters. The second-order valence-corrected chi connectivity index (χ2v) is 8.24. The van der Waals surface area contributed by atoms with Crippen LogP contribution in [0.1, 0.15) is 30.2 Å². The van der Waals surface area contributed by atoms with Gasteiger partial charge < -0.3 is 15.3 Å². The second kappa shape index (κ2) is 6.18. The Morgan fingerprint density at radius 1 is 1.24 bits per heavy atom. The smallest absolute Gasteiger partial charge is 0.290 e. The Morgan fingerprint density at radius 2 is 1.97 bits per heavy atom. The third kappa shape index (κ3) is 2.65. The maximum absolute atomic E-state index is 14.5. The summed E-state index contributed by atoms with van der Waals surface area (Å²) in [6.45, 7) is 3.38. The standard InChI is InChI=1S/C21H21F2N5O/c1-12-16(29)8-28(12)19-26-17(15-6-7-21(22,23)18(15)27-19)13-2-4-14(5-3-13)20(9-24)10-25-11-20/h2-5,12,16,25,29H,6-8,10-11H2,1H3/t12-,16+/m0/s1. The third-order valence-corrected chi connectivity index (χ3v) is 6.50. The van der Waals surface area contributed by atoms with E-state index in [-0.39, 0.29) is 30.5 Å². The number of β-amino-alcohol motifs (C(OH)–C–C–N with tert-alkyl or cyclic N) is 1. The zero-order chi connectivity index (χ0) is 20.4. The first kappa shape index (κ1) is 18.4. The molecule has 3 aliphatic rings. The van der Waals surface area contributed by atoms with E-state index in [1.807, 2.05) is 31.2 Å². The monoisotopic (exact) mass is 397 g/mol. The molecule has 2 fully saturated rings. The summed E-state index contributed by atoms with van der Waals surface area (Å²) in [5.41, 5.74) is 1.93. The van der Waals surface area contributed by atoms with Crippen LogP contribution in [0, 0.1) is 11.3 Å². The van der Waals surface area contributed by atoms with Crippen molar-refractivity contribution < 1.29 is 13.9 Å². The van der Waals surface area contributed by atoms with Crippen molar-refractivity contribution in [2.75, 3.05) is 24.5 Å². The number of rotatable bonds is 3. The van der Waals surface area contributed by atoms with Crippen molar-refractivity contribution in [1.82, 2.24) is 15.3 Å². The zero-order valence-electron chi connectivity index (χ0n) is 16.0. The van der Waals surface area contributed by atoms with Gasteiger partial charge in [0.05, 0.1) is 23.9 Å². The second-order valence-electron chi connectivity index (χ2n) is 8.24. The average Bonchev–Trinajstić information content (AvgIpc) is 3.00. The number of anilines is 1. The first-order valence-corrected chi connectivity index (χ1v) is 9.81. The number of halogens is 2. The molecule has 150 valence electrons. The Morgan fingerprint density at radius 3 is 2.52 bits per heavy atom. The quantitative estimate of drug-likeness (QED) is 0.825. The maximum Gasteiger partial charge on any atom is 0.290 e. The molecule has 2 N–H and O–H groups in total. The Hall–Kier alpha value is -2.63. The largest absolute Gasteiger partial charge is 0.389 e. The Bertz CT molecular complexity index is 1010. The summed E-state index contributed by atoms with van der Waals surface area (Å²) in [5, 5.41) is 22.5. The van der Waals surface area contributed by atoms with Crippen LogP contribution in [0.5, 0.6) is 0 Å². The lowest BCUT2D eigenvalue weighted by molar-refractivity contribution is -0.00603. The van der Waals surface area contributed by atoms with Gasteiger partial charge in [-0.3, -0.25) is 0 Å². The van der Waals surface area contributed by atoms with Crippen LogP contribution >= 0.6 is 0 Å². The van der Waals surface area contributed by atoms with Gasteiger partial charge in [-0.25, -0.2) is 9.97 Å². The number of aliphatic hydroxyl groups is 1. The number of benzene rings is 1. The molecule has 0 unspecified atom stereocenters. The number of nitrogens with zero attached hydrogens (tertiary/aromatic N) is 4. The summed E-state index contributed by atoms with van der Waals surface area (Å²) in [6.07, 6.45) is -0.551. The zero-order valence-corrected chi connectivity index (χ0v) is 16.0. The van der Waals surface area contributed by atoms with Gasteiger partial charge in [0.1, 0.15) is 11.1 Å². The third-order valence-electron chi connectivity index (χ3n) is 6.50. The first-order valence-electron chi connectivity index (χ1n) is 9.81. The van der Waals surface area contributed by atoms with Crippen molar-refractivity contribution in [3.63, 3.8) is 0 Å². The molecule has 0 saturated carbocycles. The van der Waals surface area contributed by atoms with E-state index in [0.717, 1.165) is 11.1 Å². The van der Waals surface area contributed by atoms with Crippen LogP contribution in [-0.2, 0) is 17.8 Å². The topological polar surface area (TPSA) is 85.1 Å². The number of fused-ring (bicyclic) bond motifs is 1. The van der Waals surface area contributed by atoms with Gasteiger partial charge in [-0.1, -0.05) is 24.3 Å². The predicted octanol–water partition coefficient (Wildman–Crippen LogP) is 2.12. The van der Waals surface area contributed by atoms with E-state index in [1.54, 1.807) is 4.90 Å². The Balaban J connectivity index is 1.58. The fourth-order valence-electron chi connectivity index (χ4n) is 4.30. The number of alkyl halides is 2. The fourth-order valence-corrected chi connectivity index (χ4v) is 4.30. The summed E-state index contributed by atoms with van der Waals surface area (Å²) < 4.78 is 29.0. The van der Waals surface area contributed by atoms with Crippen LogP contribution in [0.15, 0.2) is 24.3 Å². The molecule has 6 nitrogen and oxygen atoms in total. The molecule has 3 heterocycles. The molecule has 1 aromatic carbocycles. The molecule has 0 spiro atoms. The van der Waals surface area contributed by atoms with E-state index in [4.69, 9.17) is 0 Å². The summed E-state index contributed by atoms with van der Waals surface area (Å²) >= 11 is 0. The summed E-state index contributed by atoms with van der Waals surface area (Å²) in [6, 6.07) is 9.64. The lowest BCUT2D eigenvalue weighted by Crippen LogP contribution is -2.59. The van der Waals surface area contributed by atoms with Crippen LogP contribution < -0.4 is 10.2 Å². The number of nitrogens with one attached hydrogen (secondary N) is 1. The fraction of sp³-hybridized carbons (Fsp3) is 0.476. The molecule has 1 aliphatic carbocycles. The number of hydrogen-bond acceptors (Lipinski definition) is 6. The van der Waals surface area contributed by atoms with E-state index in [9.17, 15) is 19.1 Å². The molecule has 29 heavy (non-hydrogen) atoms. The SMILES string of the molecule is C[C@H]1[C@H](O)CN1c1nc(-c2ccc(C3(C#N)CNC3)cc2)c2c(n1)C(F)(F)CC2. The number of nitriles is 1. The van der Waals surface area contributed by atoms with Crippen LogP contribution in [-0.4, -0.2) is 46.9 Å². The van der Waals surface area contributed by atoms with E-state index < -0.39 is 17.4 Å². The van der Waals surface area contributed by atoms with Gasteiger partial charge in [0.25, 0.3) is 5.92 Å². The summed E-state index contributed by atoms with van der Waals surface area (Å²) in [5.74, 6) is -2.74. The van der Waals surface area contributed by atoms with E-state index in [2.05, 4.69) is 21.4 Å². The highest BCUT2D eigenvalue weighted by molar-refractivity contribution is 5.68. The molecule has 0 amide bonds.